The second kappa shape index (κ2) is 4.88. The highest BCUT2D eigenvalue weighted by molar-refractivity contribution is 5.80. The van der Waals surface area contributed by atoms with E-state index in [4.69, 9.17) is 0 Å². The number of nitrogens with zero attached hydrogens (tertiary/aromatic N) is 1. The number of hydrogen-bond donors (Lipinski definition) is 1. The number of benzene rings is 1. The minimum Gasteiger partial charge on any atom is -0.480 e. The molecular weight excluding hydrogens is 214 g/mol. The molecule has 1 atom stereocenters. The van der Waals surface area contributed by atoms with Crippen molar-refractivity contribution in [2.24, 2.45) is 0 Å². The van der Waals surface area contributed by atoms with Crippen molar-refractivity contribution in [1.82, 2.24) is 4.90 Å². The van der Waals surface area contributed by atoms with Crippen LogP contribution in [-0.2, 0) is 10.3 Å². The number of hydrogen-bond acceptors (Lipinski definition) is 2. The molecule has 1 rings (SSSR count). The second-order valence-corrected chi connectivity index (χ2v) is 4.90. The van der Waals surface area contributed by atoms with Gasteiger partial charge in [0.15, 0.2) is 0 Å². The van der Waals surface area contributed by atoms with Crippen LogP contribution in [0.25, 0.3) is 0 Å². The Morgan fingerprint density at radius 2 is 1.88 bits per heavy atom. The number of rotatable bonds is 4. The Morgan fingerprint density at radius 1 is 1.35 bits per heavy atom. The molecule has 3 heteroatoms. The first-order valence-electron chi connectivity index (χ1n) is 5.84. The molecule has 0 aliphatic heterocycles. The van der Waals surface area contributed by atoms with Crippen LogP contribution in [0.1, 0.15) is 31.9 Å². The molecule has 17 heavy (non-hydrogen) atoms. The van der Waals surface area contributed by atoms with Crippen LogP contribution in [0.4, 0.5) is 0 Å². The van der Waals surface area contributed by atoms with Crippen molar-refractivity contribution in [3.05, 3.63) is 35.4 Å². The van der Waals surface area contributed by atoms with Crippen molar-refractivity contribution in [1.29, 1.82) is 0 Å². The third kappa shape index (κ3) is 2.34. The zero-order valence-corrected chi connectivity index (χ0v) is 11.2. The first-order valence-corrected chi connectivity index (χ1v) is 5.84. The number of carboxylic acids is 1. The summed E-state index contributed by atoms with van der Waals surface area (Å²) in [5, 5.41) is 9.59. The highest BCUT2D eigenvalue weighted by Crippen LogP contribution is 2.31. The van der Waals surface area contributed by atoms with Gasteiger partial charge in [0.25, 0.3) is 0 Å². The molecule has 3 nitrogen and oxygen atoms in total. The molecule has 1 N–H and O–H groups in total. The fraction of sp³-hybridized carbons (Fsp3) is 0.500. The van der Waals surface area contributed by atoms with Gasteiger partial charge in [-0.2, -0.15) is 0 Å². The third-order valence-corrected chi connectivity index (χ3v) is 3.57. The largest absolute Gasteiger partial charge is 0.480 e. The predicted molar refractivity (Wildman–Crippen MR) is 69.1 cm³/mol. The third-order valence-electron chi connectivity index (χ3n) is 3.57. The lowest BCUT2D eigenvalue weighted by Gasteiger charge is -2.39. The van der Waals surface area contributed by atoms with Gasteiger partial charge in [0.1, 0.15) is 5.54 Å². The fourth-order valence-corrected chi connectivity index (χ4v) is 2.09. The normalized spacial score (nSPS) is 15.0. The van der Waals surface area contributed by atoms with Crippen LogP contribution in [0.3, 0.4) is 0 Å². The minimum absolute atomic E-state index is 0.163. The van der Waals surface area contributed by atoms with E-state index in [-0.39, 0.29) is 6.04 Å². The van der Waals surface area contributed by atoms with Crippen molar-refractivity contribution in [3.63, 3.8) is 0 Å². The first-order chi connectivity index (χ1) is 7.81. The molecule has 1 aromatic rings. The SMILES string of the molecule is Cc1ccccc1C(C)(C(=O)O)N(C)C(C)C. The maximum Gasteiger partial charge on any atom is 0.328 e. The van der Waals surface area contributed by atoms with E-state index in [0.717, 1.165) is 11.1 Å². The predicted octanol–water partition coefficient (Wildman–Crippen LogP) is 2.64. The molecule has 0 bridgehead atoms. The number of aliphatic carboxylic acids is 1. The molecule has 0 spiro atoms. The second-order valence-electron chi connectivity index (χ2n) is 4.90. The molecule has 0 fully saturated rings. The average molecular weight is 235 g/mol. The Labute approximate surface area is 103 Å². The summed E-state index contributed by atoms with van der Waals surface area (Å²) in [5.41, 5.74) is 0.869. The highest BCUT2D eigenvalue weighted by Gasteiger charge is 2.41. The molecular formula is C14H21NO2. The summed E-state index contributed by atoms with van der Waals surface area (Å²) in [4.78, 5) is 13.6. The van der Waals surface area contributed by atoms with Crippen LogP contribution >= 0.6 is 0 Å². The number of aryl methyl sites for hydroxylation is 1. The van der Waals surface area contributed by atoms with Gasteiger partial charge >= 0.3 is 5.97 Å². The first kappa shape index (κ1) is 13.7. The monoisotopic (exact) mass is 235 g/mol. The Kier molecular flexibility index (Phi) is 3.94. The standard InChI is InChI=1S/C14H21NO2/c1-10(2)15(5)14(4,13(16)17)12-9-7-6-8-11(12)3/h6-10H,1-5H3,(H,16,17). The summed E-state index contributed by atoms with van der Waals surface area (Å²) in [7, 11) is 1.85. The summed E-state index contributed by atoms with van der Waals surface area (Å²) >= 11 is 0. The van der Waals surface area contributed by atoms with Gasteiger partial charge in [-0.1, -0.05) is 24.3 Å². The zero-order chi connectivity index (χ0) is 13.2. The average Bonchev–Trinajstić information content (AvgIpc) is 2.27. The van der Waals surface area contributed by atoms with Crippen molar-refractivity contribution in [3.8, 4) is 0 Å². The van der Waals surface area contributed by atoms with Crippen LogP contribution in [0.5, 0.6) is 0 Å². The molecule has 0 aliphatic carbocycles. The summed E-state index contributed by atoms with van der Waals surface area (Å²) in [6.07, 6.45) is 0. The van der Waals surface area contributed by atoms with Crippen LogP contribution in [0, 0.1) is 6.92 Å². The van der Waals surface area contributed by atoms with Crippen molar-refractivity contribution >= 4 is 5.97 Å². The molecule has 0 aliphatic rings. The minimum atomic E-state index is -0.987. The van der Waals surface area contributed by atoms with Crippen LogP contribution < -0.4 is 0 Å². The van der Waals surface area contributed by atoms with Crippen molar-refractivity contribution < 1.29 is 9.90 Å². The molecule has 0 saturated carbocycles. The summed E-state index contributed by atoms with van der Waals surface area (Å²) in [6, 6.07) is 7.82. The van der Waals surface area contributed by atoms with E-state index in [1.54, 1.807) is 6.92 Å². The Balaban J connectivity index is 3.36. The lowest BCUT2D eigenvalue weighted by Crippen LogP contribution is -2.51. The summed E-state index contributed by atoms with van der Waals surface area (Å²) < 4.78 is 0. The lowest BCUT2D eigenvalue weighted by molar-refractivity contribution is -0.151. The molecule has 0 heterocycles. The van der Waals surface area contributed by atoms with Crippen LogP contribution in [-0.4, -0.2) is 29.1 Å². The number of carbonyl (C=O) groups is 1. The van der Waals surface area contributed by atoms with E-state index in [2.05, 4.69) is 0 Å². The van der Waals surface area contributed by atoms with E-state index < -0.39 is 11.5 Å². The van der Waals surface area contributed by atoms with E-state index in [1.807, 2.05) is 57.0 Å². The summed E-state index contributed by atoms with van der Waals surface area (Å²) in [6.45, 7) is 7.71. The van der Waals surface area contributed by atoms with E-state index in [1.165, 1.54) is 0 Å². The fourth-order valence-electron chi connectivity index (χ4n) is 2.09. The summed E-state index contributed by atoms with van der Waals surface area (Å²) in [5.74, 6) is -0.817. The Hall–Kier alpha value is -1.35. The molecule has 0 aromatic heterocycles. The number of carboxylic acid groups (broad SMARTS) is 1. The molecule has 0 radical (unpaired) electrons. The Bertz CT molecular complexity index is 414. The number of likely N-dealkylation sites (N-methyl/N-ethyl adjacent to an activating group) is 1. The molecule has 1 aromatic carbocycles. The van der Waals surface area contributed by atoms with Gasteiger partial charge in [-0.15, -0.1) is 0 Å². The topological polar surface area (TPSA) is 40.5 Å². The molecule has 0 saturated heterocycles. The van der Waals surface area contributed by atoms with Crippen LogP contribution in [0.15, 0.2) is 24.3 Å². The van der Waals surface area contributed by atoms with E-state index in [0.29, 0.717) is 0 Å². The molecule has 1 unspecified atom stereocenters. The van der Waals surface area contributed by atoms with Gasteiger partial charge in [0, 0.05) is 6.04 Å². The Morgan fingerprint density at radius 3 is 2.29 bits per heavy atom. The quantitative estimate of drug-likeness (QED) is 0.872. The van der Waals surface area contributed by atoms with Gasteiger partial charge in [0.2, 0.25) is 0 Å². The van der Waals surface area contributed by atoms with Gasteiger partial charge in [-0.05, 0) is 45.9 Å². The zero-order valence-electron chi connectivity index (χ0n) is 11.2. The van der Waals surface area contributed by atoms with E-state index in [9.17, 15) is 9.90 Å². The highest BCUT2D eigenvalue weighted by atomic mass is 16.4. The maximum absolute atomic E-state index is 11.7. The smallest absolute Gasteiger partial charge is 0.328 e. The van der Waals surface area contributed by atoms with Gasteiger partial charge in [-0.3, -0.25) is 4.90 Å². The van der Waals surface area contributed by atoms with Gasteiger partial charge < -0.3 is 5.11 Å². The van der Waals surface area contributed by atoms with E-state index >= 15 is 0 Å². The maximum atomic E-state index is 11.7. The van der Waals surface area contributed by atoms with Gasteiger partial charge in [0.05, 0.1) is 0 Å². The van der Waals surface area contributed by atoms with Crippen LogP contribution in [0.2, 0.25) is 0 Å². The lowest BCUT2D eigenvalue weighted by atomic mass is 9.86. The molecule has 0 amide bonds. The molecule has 94 valence electrons. The van der Waals surface area contributed by atoms with Crippen molar-refractivity contribution in [2.45, 2.75) is 39.3 Å². The van der Waals surface area contributed by atoms with Crippen molar-refractivity contribution in [2.75, 3.05) is 7.05 Å². The van der Waals surface area contributed by atoms with Gasteiger partial charge in [-0.25, -0.2) is 4.79 Å².